The van der Waals surface area contributed by atoms with Crippen LogP contribution < -0.4 is 9.62 Å². The summed E-state index contributed by atoms with van der Waals surface area (Å²) >= 11 is 0. The van der Waals surface area contributed by atoms with Crippen molar-refractivity contribution in [1.82, 2.24) is 5.32 Å². The standard InChI is InChI=1S/C18H26N2O5S/c1-12(2)13(3)19-17(21)11-25-18(22)15-7-8-16-14(10-15)6-5-9-20(16)26(4,23)24/h7-8,10,12-13H,5-6,9,11H2,1-4H3,(H,19,21)/t13-/m1/s1. The number of hydrogen-bond acceptors (Lipinski definition) is 5. The molecule has 0 aromatic heterocycles. The van der Waals surface area contributed by atoms with Crippen molar-refractivity contribution in [2.45, 2.75) is 39.7 Å². The van der Waals surface area contributed by atoms with Crippen LogP contribution in [0.3, 0.4) is 0 Å². The van der Waals surface area contributed by atoms with Gasteiger partial charge in [0.1, 0.15) is 0 Å². The number of rotatable bonds is 6. The van der Waals surface area contributed by atoms with E-state index in [-0.39, 0.29) is 24.5 Å². The molecule has 0 spiro atoms. The van der Waals surface area contributed by atoms with E-state index < -0.39 is 16.0 Å². The summed E-state index contributed by atoms with van der Waals surface area (Å²) in [6.07, 6.45) is 2.55. The lowest BCUT2D eigenvalue weighted by Crippen LogP contribution is -2.38. The summed E-state index contributed by atoms with van der Waals surface area (Å²) in [5.41, 5.74) is 1.69. The van der Waals surface area contributed by atoms with Crippen LogP contribution in [0.5, 0.6) is 0 Å². The molecular weight excluding hydrogens is 356 g/mol. The van der Waals surface area contributed by atoms with Gasteiger partial charge < -0.3 is 10.1 Å². The molecule has 7 nitrogen and oxygen atoms in total. The third kappa shape index (κ3) is 4.97. The predicted molar refractivity (Wildman–Crippen MR) is 99.7 cm³/mol. The monoisotopic (exact) mass is 382 g/mol. The molecule has 1 aromatic carbocycles. The fourth-order valence-electron chi connectivity index (χ4n) is 2.71. The topological polar surface area (TPSA) is 92.8 Å². The van der Waals surface area contributed by atoms with E-state index in [4.69, 9.17) is 4.74 Å². The van der Waals surface area contributed by atoms with E-state index in [0.29, 0.717) is 30.6 Å². The van der Waals surface area contributed by atoms with Gasteiger partial charge in [-0.3, -0.25) is 9.10 Å². The van der Waals surface area contributed by atoms with Crippen molar-refractivity contribution in [2.24, 2.45) is 5.92 Å². The number of esters is 1. The molecule has 0 saturated carbocycles. The summed E-state index contributed by atoms with van der Waals surface area (Å²) < 4.78 is 30.2. The third-order valence-electron chi connectivity index (χ3n) is 4.51. The van der Waals surface area contributed by atoms with Crippen LogP contribution in [0.1, 0.15) is 43.1 Å². The number of nitrogens with zero attached hydrogens (tertiary/aromatic N) is 1. The molecule has 1 amide bonds. The molecule has 1 N–H and O–H groups in total. The second-order valence-corrected chi connectivity index (χ2v) is 8.87. The molecule has 26 heavy (non-hydrogen) atoms. The first-order valence-corrected chi connectivity index (χ1v) is 10.5. The summed E-state index contributed by atoms with van der Waals surface area (Å²) in [7, 11) is -3.35. The van der Waals surface area contributed by atoms with Crippen molar-refractivity contribution in [3.63, 3.8) is 0 Å². The largest absolute Gasteiger partial charge is 0.452 e. The lowest BCUT2D eigenvalue weighted by Gasteiger charge is -2.29. The maximum Gasteiger partial charge on any atom is 0.338 e. The van der Waals surface area contributed by atoms with Crippen molar-refractivity contribution in [3.05, 3.63) is 29.3 Å². The summed E-state index contributed by atoms with van der Waals surface area (Å²) in [4.78, 5) is 24.0. The second kappa shape index (κ2) is 8.07. The minimum Gasteiger partial charge on any atom is -0.452 e. The van der Waals surface area contributed by atoms with Gasteiger partial charge in [-0.1, -0.05) is 13.8 Å². The van der Waals surface area contributed by atoms with E-state index in [1.807, 2.05) is 20.8 Å². The number of aryl methyl sites for hydroxylation is 1. The highest BCUT2D eigenvalue weighted by molar-refractivity contribution is 7.92. The molecule has 2 rings (SSSR count). The molecule has 8 heteroatoms. The Hall–Kier alpha value is -2.09. The second-order valence-electron chi connectivity index (χ2n) is 6.96. The Bertz CT molecular complexity index is 789. The summed E-state index contributed by atoms with van der Waals surface area (Å²) in [5.74, 6) is -0.662. The van der Waals surface area contributed by atoms with Crippen LogP contribution in [-0.2, 0) is 26.0 Å². The summed E-state index contributed by atoms with van der Waals surface area (Å²) in [6, 6.07) is 4.78. The average Bonchev–Trinajstić information content (AvgIpc) is 2.57. The van der Waals surface area contributed by atoms with Gasteiger partial charge >= 0.3 is 5.97 Å². The highest BCUT2D eigenvalue weighted by Gasteiger charge is 2.25. The first-order valence-electron chi connectivity index (χ1n) is 8.66. The van der Waals surface area contributed by atoms with Gasteiger partial charge in [0.25, 0.3) is 5.91 Å². The van der Waals surface area contributed by atoms with Crippen molar-refractivity contribution >= 4 is 27.6 Å². The Morgan fingerprint density at radius 3 is 2.58 bits per heavy atom. The zero-order valence-electron chi connectivity index (χ0n) is 15.6. The number of nitrogens with one attached hydrogen (secondary N) is 1. The number of carbonyl (C=O) groups excluding carboxylic acids is 2. The van der Waals surface area contributed by atoms with Crippen molar-refractivity contribution < 1.29 is 22.7 Å². The van der Waals surface area contributed by atoms with Gasteiger partial charge in [-0.15, -0.1) is 0 Å². The van der Waals surface area contributed by atoms with Crippen LogP contribution in [0.4, 0.5) is 5.69 Å². The smallest absolute Gasteiger partial charge is 0.338 e. The molecule has 1 aromatic rings. The highest BCUT2D eigenvalue weighted by atomic mass is 32.2. The first-order chi connectivity index (χ1) is 12.1. The Morgan fingerprint density at radius 1 is 1.27 bits per heavy atom. The SMILES string of the molecule is CC(C)[C@@H](C)NC(=O)COC(=O)c1ccc2c(c1)CCCN2S(C)(=O)=O. The molecule has 144 valence electrons. The molecular formula is C18H26N2O5S. The first kappa shape index (κ1) is 20.2. The van der Waals surface area contributed by atoms with Crippen LogP contribution in [0.25, 0.3) is 0 Å². The number of hydrogen-bond donors (Lipinski definition) is 1. The van der Waals surface area contributed by atoms with Crippen molar-refractivity contribution in [3.8, 4) is 0 Å². The number of fused-ring (bicyclic) bond motifs is 1. The molecule has 1 atom stereocenters. The Labute approximate surface area is 154 Å². The van der Waals surface area contributed by atoms with Gasteiger partial charge in [-0.2, -0.15) is 0 Å². The Kier molecular flexibility index (Phi) is 6.28. The summed E-state index contributed by atoms with van der Waals surface area (Å²) in [5, 5.41) is 2.77. The zero-order valence-corrected chi connectivity index (χ0v) is 16.4. The van der Waals surface area contributed by atoms with Crippen molar-refractivity contribution in [1.29, 1.82) is 0 Å². The van der Waals surface area contributed by atoms with E-state index >= 15 is 0 Å². The molecule has 1 aliphatic heterocycles. The Balaban J connectivity index is 2.04. The summed E-state index contributed by atoms with van der Waals surface area (Å²) in [6.45, 7) is 5.96. The van der Waals surface area contributed by atoms with Crippen LogP contribution in [0.2, 0.25) is 0 Å². The van der Waals surface area contributed by atoms with Gasteiger partial charge in [0.05, 0.1) is 17.5 Å². The maximum absolute atomic E-state index is 12.2. The maximum atomic E-state index is 12.2. The minimum atomic E-state index is -3.35. The lowest BCUT2D eigenvalue weighted by molar-refractivity contribution is -0.125. The number of ether oxygens (including phenoxy) is 1. The third-order valence-corrected chi connectivity index (χ3v) is 5.69. The molecule has 0 unspecified atom stereocenters. The molecule has 1 heterocycles. The number of carbonyl (C=O) groups is 2. The van der Waals surface area contributed by atoms with E-state index in [1.54, 1.807) is 12.1 Å². The van der Waals surface area contributed by atoms with Gasteiger partial charge in [0.2, 0.25) is 10.0 Å². The molecule has 0 saturated heterocycles. The number of sulfonamides is 1. The number of anilines is 1. The highest BCUT2D eigenvalue weighted by Crippen LogP contribution is 2.30. The molecule has 0 bridgehead atoms. The predicted octanol–water partition coefficient (Wildman–Crippen LogP) is 1.72. The van der Waals surface area contributed by atoms with Gasteiger partial charge in [0, 0.05) is 12.6 Å². The van der Waals surface area contributed by atoms with Crippen LogP contribution >= 0.6 is 0 Å². The quantitative estimate of drug-likeness (QED) is 0.756. The average molecular weight is 382 g/mol. The fourth-order valence-corrected chi connectivity index (χ4v) is 3.71. The van der Waals surface area contributed by atoms with Crippen LogP contribution in [0, 0.1) is 5.92 Å². The van der Waals surface area contributed by atoms with Crippen molar-refractivity contribution in [2.75, 3.05) is 23.7 Å². The fraction of sp³-hybridized carbons (Fsp3) is 0.556. The lowest BCUT2D eigenvalue weighted by atomic mass is 10.0. The van der Waals surface area contributed by atoms with Crippen LogP contribution in [0.15, 0.2) is 18.2 Å². The van der Waals surface area contributed by atoms with Gasteiger partial charge in [-0.05, 0) is 49.4 Å². The molecule has 0 fully saturated rings. The van der Waals surface area contributed by atoms with E-state index in [1.165, 1.54) is 16.6 Å². The number of benzene rings is 1. The van der Waals surface area contributed by atoms with Gasteiger partial charge in [-0.25, -0.2) is 13.2 Å². The van der Waals surface area contributed by atoms with E-state index in [2.05, 4.69) is 5.32 Å². The zero-order chi connectivity index (χ0) is 19.5. The molecule has 0 radical (unpaired) electrons. The van der Waals surface area contributed by atoms with E-state index in [9.17, 15) is 18.0 Å². The molecule has 1 aliphatic rings. The van der Waals surface area contributed by atoms with Crippen LogP contribution in [-0.4, -0.2) is 45.7 Å². The van der Waals surface area contributed by atoms with E-state index in [0.717, 1.165) is 5.56 Å². The minimum absolute atomic E-state index is 0.00748. The number of amides is 1. The normalized spacial score (nSPS) is 15.3. The molecule has 0 aliphatic carbocycles. The van der Waals surface area contributed by atoms with Gasteiger partial charge in [0.15, 0.2) is 6.61 Å². The Morgan fingerprint density at radius 2 is 1.96 bits per heavy atom.